The Hall–Kier alpha value is -0.530. The summed E-state index contributed by atoms with van der Waals surface area (Å²) in [6.45, 7) is 0.732. The minimum Gasteiger partial charge on any atom is -0.478 e. The van der Waals surface area contributed by atoms with Gasteiger partial charge in [-0.2, -0.15) is 0 Å². The molecule has 2 saturated heterocycles. The first kappa shape index (κ1) is 16.8. The molecule has 21 heavy (non-hydrogen) atoms. The number of carboxylic acid groups (broad SMARTS) is 1. The van der Waals surface area contributed by atoms with E-state index in [1.807, 2.05) is 35.2 Å². The Morgan fingerprint density at radius 3 is 2.62 bits per heavy atom. The fraction of sp³-hybridized carbons (Fsp3) is 0.429. The van der Waals surface area contributed by atoms with Crippen molar-refractivity contribution in [2.75, 3.05) is 12.3 Å². The van der Waals surface area contributed by atoms with Gasteiger partial charge in [0.05, 0.1) is 11.8 Å². The number of aliphatic carboxylic acids is 1. The second-order valence-corrected chi connectivity index (χ2v) is 6.29. The Bertz CT molecular complexity index is 542. The third-order valence-corrected chi connectivity index (χ3v) is 5.31. The molecule has 2 aliphatic rings. The van der Waals surface area contributed by atoms with Crippen molar-refractivity contribution in [2.45, 2.75) is 23.9 Å². The fourth-order valence-electron chi connectivity index (χ4n) is 2.68. The van der Waals surface area contributed by atoms with Crippen LogP contribution in [0.4, 0.5) is 0 Å². The molecule has 107 valence electrons. The first-order chi connectivity index (χ1) is 9.62. The summed E-state index contributed by atoms with van der Waals surface area (Å²) in [5.41, 5.74) is -0.337. The van der Waals surface area contributed by atoms with Gasteiger partial charge in [-0.3, -0.25) is 9.69 Å². The van der Waals surface area contributed by atoms with E-state index in [1.165, 1.54) is 0 Å². The third kappa shape index (κ3) is 3.14. The zero-order valence-electron chi connectivity index (χ0n) is 11.9. The molecule has 2 atom stereocenters. The standard InChI is InChI=1S/C14H16N2O3S.Na/c17-11(8-10-4-2-1-3-5-10)15-14(13(18)19)9-20-12-6-7-16(12)14;/h1-5,12H,6-9H2,(H,15,17)(H,18,19);. The number of thioether (sulfide) groups is 1. The molecule has 2 fully saturated rings. The quantitative estimate of drug-likeness (QED) is 0.793. The fourth-order valence-corrected chi connectivity index (χ4v) is 4.21. The van der Waals surface area contributed by atoms with E-state index in [2.05, 4.69) is 5.32 Å². The van der Waals surface area contributed by atoms with Crippen molar-refractivity contribution in [3.05, 3.63) is 35.9 Å². The van der Waals surface area contributed by atoms with Crippen molar-refractivity contribution in [1.29, 1.82) is 0 Å². The van der Waals surface area contributed by atoms with Gasteiger partial charge in [0.25, 0.3) is 0 Å². The first-order valence-corrected chi connectivity index (χ1v) is 7.63. The summed E-state index contributed by atoms with van der Waals surface area (Å²) in [6, 6.07) is 9.35. The number of hydrogen-bond acceptors (Lipinski definition) is 4. The molecule has 1 amide bonds. The predicted molar refractivity (Wildman–Crippen MR) is 82.0 cm³/mol. The van der Waals surface area contributed by atoms with Crippen LogP contribution in [0, 0.1) is 0 Å². The van der Waals surface area contributed by atoms with Crippen LogP contribution in [-0.4, -0.2) is 74.8 Å². The summed E-state index contributed by atoms with van der Waals surface area (Å²) in [4.78, 5) is 25.7. The van der Waals surface area contributed by atoms with Gasteiger partial charge in [-0.25, -0.2) is 4.79 Å². The third-order valence-electron chi connectivity index (χ3n) is 3.85. The van der Waals surface area contributed by atoms with Crippen LogP contribution in [0.3, 0.4) is 0 Å². The number of carboxylic acids is 1. The molecule has 0 aliphatic carbocycles. The molecule has 2 heterocycles. The van der Waals surface area contributed by atoms with Crippen molar-refractivity contribution in [3.8, 4) is 0 Å². The Morgan fingerprint density at radius 2 is 2.10 bits per heavy atom. The molecular formula is C14H16N2NaO3S. The van der Waals surface area contributed by atoms with Crippen LogP contribution < -0.4 is 5.32 Å². The Balaban J connectivity index is 0.00000161. The monoisotopic (exact) mass is 315 g/mol. The number of nitrogens with one attached hydrogen (secondary N) is 1. The molecule has 0 saturated carbocycles. The Labute approximate surface area is 149 Å². The number of carbonyl (C=O) groups is 2. The molecule has 0 bridgehead atoms. The van der Waals surface area contributed by atoms with Crippen LogP contribution in [0.5, 0.6) is 0 Å². The van der Waals surface area contributed by atoms with Crippen LogP contribution in [0.25, 0.3) is 0 Å². The number of nitrogens with zero attached hydrogens (tertiary/aromatic N) is 1. The number of amides is 1. The van der Waals surface area contributed by atoms with E-state index in [0.29, 0.717) is 5.75 Å². The second kappa shape index (κ2) is 6.71. The Morgan fingerprint density at radius 1 is 1.38 bits per heavy atom. The number of rotatable bonds is 4. The van der Waals surface area contributed by atoms with Gasteiger partial charge in [0.15, 0.2) is 0 Å². The van der Waals surface area contributed by atoms with Crippen LogP contribution in [0.1, 0.15) is 12.0 Å². The number of benzene rings is 1. The molecule has 2 aliphatic heterocycles. The number of hydrogen-bond donors (Lipinski definition) is 2. The summed E-state index contributed by atoms with van der Waals surface area (Å²) < 4.78 is 0. The van der Waals surface area contributed by atoms with Crippen molar-refractivity contribution in [2.24, 2.45) is 0 Å². The van der Waals surface area contributed by atoms with Crippen LogP contribution in [0.2, 0.25) is 0 Å². The van der Waals surface area contributed by atoms with E-state index in [9.17, 15) is 14.7 Å². The van der Waals surface area contributed by atoms with Crippen LogP contribution in [-0.2, 0) is 16.0 Å². The predicted octanol–water partition coefficient (Wildman–Crippen LogP) is 0.524. The zero-order valence-corrected chi connectivity index (χ0v) is 14.7. The van der Waals surface area contributed by atoms with E-state index in [-0.39, 0.29) is 47.3 Å². The van der Waals surface area contributed by atoms with Crippen molar-refractivity contribution in [1.82, 2.24) is 10.2 Å². The van der Waals surface area contributed by atoms with Gasteiger partial charge in [-0.05, 0) is 12.0 Å². The maximum atomic E-state index is 12.1. The van der Waals surface area contributed by atoms with Gasteiger partial charge in [0.1, 0.15) is 0 Å². The van der Waals surface area contributed by atoms with Crippen LogP contribution in [0.15, 0.2) is 30.3 Å². The summed E-state index contributed by atoms with van der Waals surface area (Å²) in [6.07, 6.45) is 1.20. The molecule has 7 heteroatoms. The molecular weight excluding hydrogens is 299 g/mol. The molecule has 2 unspecified atom stereocenters. The van der Waals surface area contributed by atoms with Crippen LogP contribution >= 0.6 is 11.8 Å². The summed E-state index contributed by atoms with van der Waals surface area (Å²) in [7, 11) is 0. The molecule has 1 radical (unpaired) electrons. The van der Waals surface area contributed by atoms with E-state index >= 15 is 0 Å². The molecule has 0 spiro atoms. The summed E-state index contributed by atoms with van der Waals surface area (Å²) >= 11 is 1.61. The van der Waals surface area contributed by atoms with E-state index in [0.717, 1.165) is 18.5 Å². The van der Waals surface area contributed by atoms with Gasteiger partial charge in [-0.1, -0.05) is 30.3 Å². The van der Waals surface area contributed by atoms with Gasteiger partial charge < -0.3 is 10.4 Å². The van der Waals surface area contributed by atoms with E-state index < -0.39 is 11.6 Å². The second-order valence-electron chi connectivity index (χ2n) is 5.12. The first-order valence-electron chi connectivity index (χ1n) is 6.58. The molecule has 2 N–H and O–H groups in total. The zero-order chi connectivity index (χ0) is 14.2. The molecule has 0 aromatic heterocycles. The van der Waals surface area contributed by atoms with E-state index in [1.54, 1.807) is 11.8 Å². The smallest absolute Gasteiger partial charge is 0.345 e. The van der Waals surface area contributed by atoms with Crippen molar-refractivity contribution in [3.63, 3.8) is 0 Å². The average molecular weight is 315 g/mol. The van der Waals surface area contributed by atoms with E-state index in [4.69, 9.17) is 0 Å². The summed E-state index contributed by atoms with van der Waals surface area (Å²) in [5, 5.41) is 12.5. The molecule has 1 aromatic carbocycles. The van der Waals surface area contributed by atoms with Gasteiger partial charge >= 0.3 is 5.97 Å². The number of fused-ring (bicyclic) bond motifs is 1. The molecule has 1 aromatic rings. The largest absolute Gasteiger partial charge is 0.478 e. The molecule has 3 rings (SSSR count). The average Bonchev–Trinajstić information content (AvgIpc) is 2.62. The number of carbonyl (C=O) groups excluding carboxylic acids is 1. The summed E-state index contributed by atoms with van der Waals surface area (Å²) in [5.74, 6) is -0.798. The van der Waals surface area contributed by atoms with Gasteiger partial charge in [-0.15, -0.1) is 11.8 Å². The van der Waals surface area contributed by atoms with Gasteiger partial charge in [0, 0.05) is 41.9 Å². The van der Waals surface area contributed by atoms with Crippen molar-refractivity contribution < 1.29 is 14.7 Å². The van der Waals surface area contributed by atoms with Crippen molar-refractivity contribution >= 4 is 53.2 Å². The minimum absolute atomic E-state index is 0. The SMILES string of the molecule is O=C(Cc1ccccc1)NC1(C(=O)O)CSC2CCN21.[Na]. The Kier molecular flexibility index (Phi) is 5.38. The normalized spacial score (nSPS) is 27.1. The molecule has 5 nitrogen and oxygen atoms in total. The minimum atomic E-state index is -1.22. The topological polar surface area (TPSA) is 69.6 Å². The maximum Gasteiger partial charge on any atom is 0.345 e. The van der Waals surface area contributed by atoms with Gasteiger partial charge in [0.2, 0.25) is 11.6 Å². The maximum absolute atomic E-state index is 12.1.